The van der Waals surface area contributed by atoms with E-state index < -0.39 is 0 Å². The maximum atomic E-state index is 9.73. The molecule has 0 amide bonds. The van der Waals surface area contributed by atoms with Crippen molar-refractivity contribution < 1.29 is 5.11 Å². The van der Waals surface area contributed by atoms with Gasteiger partial charge in [-0.25, -0.2) is 4.98 Å². The number of hydrogen-bond donors (Lipinski definition) is 1. The van der Waals surface area contributed by atoms with Crippen LogP contribution in [0.5, 0.6) is 5.75 Å². The topological polar surface area (TPSA) is 33.1 Å². The minimum absolute atomic E-state index is 0.295. The summed E-state index contributed by atoms with van der Waals surface area (Å²) >= 11 is 2.18. The summed E-state index contributed by atoms with van der Waals surface area (Å²) in [7, 11) is 0. The molecule has 0 unspecified atom stereocenters. The summed E-state index contributed by atoms with van der Waals surface area (Å²) in [5.41, 5.74) is 2.75. The normalized spacial score (nSPS) is 10.3. The highest BCUT2D eigenvalue weighted by Gasteiger charge is 2.06. The molecule has 15 heavy (non-hydrogen) atoms. The fraction of sp³-hybridized carbons (Fsp3) is 0.0833. The highest BCUT2D eigenvalue weighted by atomic mass is 127. The van der Waals surface area contributed by atoms with Crippen molar-refractivity contribution in [3.63, 3.8) is 0 Å². The number of para-hydroxylation sites is 1. The Balaban J connectivity index is 2.60. The van der Waals surface area contributed by atoms with Gasteiger partial charge < -0.3 is 5.11 Å². The van der Waals surface area contributed by atoms with Gasteiger partial charge in [0.2, 0.25) is 0 Å². The molecule has 2 nitrogen and oxygen atoms in total. The van der Waals surface area contributed by atoms with Gasteiger partial charge in [-0.1, -0.05) is 18.2 Å². The monoisotopic (exact) mass is 311 g/mol. The van der Waals surface area contributed by atoms with E-state index in [0.29, 0.717) is 5.75 Å². The lowest BCUT2D eigenvalue weighted by molar-refractivity contribution is 0.477. The zero-order valence-corrected chi connectivity index (χ0v) is 10.4. The standard InChI is InChI=1S/C12H10INO/c1-8-9(6-7-12(13)14-8)10-4-2-3-5-11(10)15/h2-7,15H,1H3. The molecule has 0 aliphatic rings. The van der Waals surface area contributed by atoms with Gasteiger partial charge in [-0.05, 0) is 47.7 Å². The molecule has 0 spiro atoms. The van der Waals surface area contributed by atoms with Crippen molar-refractivity contribution in [3.8, 4) is 16.9 Å². The first-order chi connectivity index (χ1) is 7.18. The van der Waals surface area contributed by atoms with E-state index in [2.05, 4.69) is 27.6 Å². The molecule has 0 saturated heterocycles. The third kappa shape index (κ3) is 2.12. The SMILES string of the molecule is Cc1nc(I)ccc1-c1ccccc1O. The molecule has 0 aliphatic carbocycles. The number of phenolic OH excluding ortho intramolecular Hbond substituents is 1. The Bertz CT molecular complexity index is 497. The number of pyridine rings is 1. The van der Waals surface area contributed by atoms with Gasteiger partial charge in [0.05, 0.1) is 0 Å². The van der Waals surface area contributed by atoms with Crippen molar-refractivity contribution in [2.45, 2.75) is 6.92 Å². The van der Waals surface area contributed by atoms with Crippen molar-refractivity contribution >= 4 is 22.6 Å². The summed E-state index contributed by atoms with van der Waals surface area (Å²) in [5, 5.41) is 9.73. The van der Waals surface area contributed by atoms with Gasteiger partial charge in [-0.3, -0.25) is 0 Å². The Labute approximate surface area is 102 Å². The van der Waals surface area contributed by atoms with E-state index in [1.165, 1.54) is 0 Å². The number of nitrogens with zero attached hydrogens (tertiary/aromatic N) is 1. The van der Waals surface area contributed by atoms with Gasteiger partial charge >= 0.3 is 0 Å². The van der Waals surface area contributed by atoms with Gasteiger partial charge in [-0.15, -0.1) is 0 Å². The summed E-state index contributed by atoms with van der Waals surface area (Å²) in [6.45, 7) is 1.95. The number of aromatic nitrogens is 1. The van der Waals surface area contributed by atoms with Crippen LogP contribution < -0.4 is 0 Å². The molecule has 0 fully saturated rings. The minimum atomic E-state index is 0.295. The molecule has 0 saturated carbocycles. The zero-order chi connectivity index (χ0) is 10.8. The second-order valence-corrected chi connectivity index (χ2v) is 4.39. The lowest BCUT2D eigenvalue weighted by Gasteiger charge is -2.07. The van der Waals surface area contributed by atoms with Crippen molar-refractivity contribution in [3.05, 3.63) is 45.8 Å². The second-order valence-electron chi connectivity index (χ2n) is 3.28. The lowest BCUT2D eigenvalue weighted by Crippen LogP contribution is -1.90. The largest absolute Gasteiger partial charge is 0.507 e. The van der Waals surface area contributed by atoms with Crippen molar-refractivity contribution in [1.82, 2.24) is 4.98 Å². The van der Waals surface area contributed by atoms with Crippen LogP contribution in [0.1, 0.15) is 5.69 Å². The molecule has 1 aromatic carbocycles. The van der Waals surface area contributed by atoms with E-state index in [-0.39, 0.29) is 0 Å². The molecule has 2 aromatic rings. The number of rotatable bonds is 1. The van der Waals surface area contributed by atoms with Crippen molar-refractivity contribution in [1.29, 1.82) is 0 Å². The van der Waals surface area contributed by atoms with Crippen LogP contribution >= 0.6 is 22.6 Å². The molecule has 2 rings (SSSR count). The Hall–Kier alpha value is -1.10. The maximum Gasteiger partial charge on any atom is 0.123 e. The summed E-state index contributed by atoms with van der Waals surface area (Å²) in [6.07, 6.45) is 0. The van der Waals surface area contributed by atoms with Gasteiger partial charge in [-0.2, -0.15) is 0 Å². The number of halogens is 1. The van der Waals surface area contributed by atoms with E-state index in [9.17, 15) is 5.11 Å². The second kappa shape index (κ2) is 4.18. The van der Waals surface area contributed by atoms with Crippen LogP contribution in [-0.4, -0.2) is 10.1 Å². The van der Waals surface area contributed by atoms with Crippen LogP contribution in [0.25, 0.3) is 11.1 Å². The minimum Gasteiger partial charge on any atom is -0.507 e. The first-order valence-corrected chi connectivity index (χ1v) is 5.68. The third-order valence-corrected chi connectivity index (χ3v) is 2.85. The number of aryl methyl sites for hydroxylation is 1. The molecule has 0 atom stereocenters. The van der Waals surface area contributed by atoms with Crippen LogP contribution in [0.2, 0.25) is 0 Å². The Morgan fingerprint density at radius 1 is 1.07 bits per heavy atom. The van der Waals surface area contributed by atoms with E-state index in [0.717, 1.165) is 20.5 Å². The summed E-state index contributed by atoms with van der Waals surface area (Å²) in [6, 6.07) is 11.2. The first-order valence-electron chi connectivity index (χ1n) is 4.60. The quantitative estimate of drug-likeness (QED) is 0.647. The Morgan fingerprint density at radius 2 is 1.80 bits per heavy atom. The van der Waals surface area contributed by atoms with Gasteiger partial charge in [0.15, 0.2) is 0 Å². The molecule has 0 aliphatic heterocycles. The molecule has 3 heteroatoms. The smallest absolute Gasteiger partial charge is 0.123 e. The van der Waals surface area contributed by atoms with Crippen LogP contribution in [-0.2, 0) is 0 Å². The molecule has 0 bridgehead atoms. The molecule has 1 N–H and O–H groups in total. The molecular formula is C12H10INO. The Morgan fingerprint density at radius 3 is 2.47 bits per heavy atom. The molecule has 1 aromatic heterocycles. The fourth-order valence-electron chi connectivity index (χ4n) is 1.52. The van der Waals surface area contributed by atoms with Crippen LogP contribution in [0.15, 0.2) is 36.4 Å². The number of hydrogen-bond acceptors (Lipinski definition) is 2. The number of aromatic hydroxyl groups is 1. The predicted octanol–water partition coefficient (Wildman–Crippen LogP) is 3.37. The van der Waals surface area contributed by atoms with Crippen molar-refractivity contribution in [2.24, 2.45) is 0 Å². The number of phenols is 1. The van der Waals surface area contributed by atoms with Gasteiger partial charge in [0, 0.05) is 16.8 Å². The first kappa shape index (κ1) is 10.4. The van der Waals surface area contributed by atoms with Gasteiger partial charge in [0.1, 0.15) is 9.45 Å². The molecular weight excluding hydrogens is 301 g/mol. The summed E-state index contributed by atoms with van der Waals surface area (Å²) in [5.74, 6) is 0.295. The Kier molecular flexibility index (Phi) is 2.90. The average Bonchev–Trinajstić information content (AvgIpc) is 2.20. The van der Waals surface area contributed by atoms with E-state index in [1.807, 2.05) is 37.3 Å². The van der Waals surface area contributed by atoms with E-state index in [1.54, 1.807) is 6.07 Å². The fourth-order valence-corrected chi connectivity index (χ4v) is 2.06. The van der Waals surface area contributed by atoms with Crippen LogP contribution in [0.3, 0.4) is 0 Å². The number of benzene rings is 1. The summed E-state index contributed by atoms with van der Waals surface area (Å²) < 4.78 is 0.962. The summed E-state index contributed by atoms with van der Waals surface area (Å²) in [4.78, 5) is 4.37. The van der Waals surface area contributed by atoms with Crippen LogP contribution in [0.4, 0.5) is 0 Å². The molecule has 0 radical (unpaired) electrons. The lowest BCUT2D eigenvalue weighted by atomic mass is 10.0. The predicted molar refractivity (Wildman–Crippen MR) is 68.8 cm³/mol. The van der Waals surface area contributed by atoms with Crippen LogP contribution in [0, 0.1) is 10.6 Å². The average molecular weight is 311 g/mol. The highest BCUT2D eigenvalue weighted by molar-refractivity contribution is 14.1. The third-order valence-electron chi connectivity index (χ3n) is 2.25. The van der Waals surface area contributed by atoms with Crippen molar-refractivity contribution in [2.75, 3.05) is 0 Å². The highest BCUT2D eigenvalue weighted by Crippen LogP contribution is 2.30. The van der Waals surface area contributed by atoms with Gasteiger partial charge in [0.25, 0.3) is 0 Å². The molecule has 1 heterocycles. The van der Waals surface area contributed by atoms with E-state index >= 15 is 0 Å². The molecule has 76 valence electrons. The van der Waals surface area contributed by atoms with E-state index in [4.69, 9.17) is 0 Å². The maximum absolute atomic E-state index is 9.73. The zero-order valence-electron chi connectivity index (χ0n) is 8.24.